The van der Waals surface area contributed by atoms with Crippen molar-refractivity contribution in [2.45, 2.75) is 26.3 Å². The Morgan fingerprint density at radius 2 is 1.89 bits per heavy atom. The summed E-state index contributed by atoms with van der Waals surface area (Å²) in [6.45, 7) is 3.68. The fourth-order valence-corrected chi connectivity index (χ4v) is 1.63. The number of hydrogen-bond donors (Lipinski definition) is 4. The fourth-order valence-electron chi connectivity index (χ4n) is 1.63. The molecule has 0 aliphatic heterocycles. The number of carboxylic acid groups (broad SMARTS) is 1. The van der Waals surface area contributed by atoms with E-state index in [-0.39, 0.29) is 29.4 Å². The van der Waals surface area contributed by atoms with Crippen molar-refractivity contribution in [2.24, 2.45) is 5.92 Å². The Bertz CT molecular complexity index is 484. The topological polar surface area (TPSA) is 107 Å². The first kappa shape index (κ1) is 14.8. The summed E-state index contributed by atoms with van der Waals surface area (Å²) in [7, 11) is 0. The van der Waals surface area contributed by atoms with Gasteiger partial charge in [0.15, 0.2) is 0 Å². The first-order valence-electron chi connectivity index (χ1n) is 5.87. The SMILES string of the molecule is CC(C)C[C@@H](NC(=O)c1cc(O)ccc1O)C(=O)O. The minimum absolute atomic E-state index is 0.0965. The van der Waals surface area contributed by atoms with Crippen molar-refractivity contribution < 1.29 is 24.9 Å². The molecule has 1 amide bonds. The summed E-state index contributed by atoms with van der Waals surface area (Å²) in [5.74, 6) is -2.27. The summed E-state index contributed by atoms with van der Waals surface area (Å²) in [4.78, 5) is 22.9. The van der Waals surface area contributed by atoms with Gasteiger partial charge in [0, 0.05) is 0 Å². The molecular weight excluding hydrogens is 250 g/mol. The molecule has 0 aromatic heterocycles. The van der Waals surface area contributed by atoms with Gasteiger partial charge in [-0.3, -0.25) is 4.79 Å². The molecule has 1 atom stereocenters. The summed E-state index contributed by atoms with van der Waals surface area (Å²) in [5, 5.41) is 30.1. The van der Waals surface area contributed by atoms with E-state index >= 15 is 0 Å². The van der Waals surface area contributed by atoms with Crippen molar-refractivity contribution in [2.75, 3.05) is 0 Å². The maximum Gasteiger partial charge on any atom is 0.326 e. The highest BCUT2D eigenvalue weighted by Crippen LogP contribution is 2.22. The highest BCUT2D eigenvalue weighted by Gasteiger charge is 2.23. The standard InChI is InChI=1S/C13H17NO5/c1-7(2)5-10(13(18)19)14-12(17)9-6-8(15)3-4-11(9)16/h3-4,6-7,10,15-16H,5H2,1-2H3,(H,14,17)(H,18,19)/t10-/m1/s1. The van der Waals surface area contributed by atoms with Crippen LogP contribution >= 0.6 is 0 Å². The maximum atomic E-state index is 11.9. The number of phenolic OH excluding ortho intramolecular Hbond substituents is 2. The first-order chi connectivity index (χ1) is 8.81. The molecule has 0 fully saturated rings. The predicted molar refractivity (Wildman–Crippen MR) is 68.1 cm³/mol. The minimum atomic E-state index is -1.14. The van der Waals surface area contributed by atoms with Crippen LogP contribution in [0.25, 0.3) is 0 Å². The van der Waals surface area contributed by atoms with Crippen LogP contribution in [0.4, 0.5) is 0 Å². The Morgan fingerprint density at radius 3 is 2.42 bits per heavy atom. The molecule has 1 rings (SSSR count). The van der Waals surface area contributed by atoms with E-state index in [1.54, 1.807) is 0 Å². The van der Waals surface area contributed by atoms with E-state index in [1.165, 1.54) is 12.1 Å². The Labute approximate surface area is 110 Å². The van der Waals surface area contributed by atoms with Gasteiger partial charge in [-0.2, -0.15) is 0 Å². The lowest BCUT2D eigenvalue weighted by Gasteiger charge is -2.16. The number of phenols is 2. The average Bonchev–Trinajstić information content (AvgIpc) is 2.30. The monoisotopic (exact) mass is 267 g/mol. The molecule has 0 saturated heterocycles. The van der Waals surface area contributed by atoms with Gasteiger partial charge in [0.05, 0.1) is 5.56 Å². The Kier molecular flexibility index (Phi) is 4.74. The summed E-state index contributed by atoms with van der Waals surface area (Å²) < 4.78 is 0. The number of rotatable bonds is 5. The van der Waals surface area contributed by atoms with Crippen LogP contribution in [0.15, 0.2) is 18.2 Å². The Morgan fingerprint density at radius 1 is 1.26 bits per heavy atom. The minimum Gasteiger partial charge on any atom is -0.508 e. The lowest BCUT2D eigenvalue weighted by Crippen LogP contribution is -2.41. The molecule has 0 unspecified atom stereocenters. The molecule has 6 heteroatoms. The van der Waals surface area contributed by atoms with Crippen molar-refractivity contribution in [3.8, 4) is 11.5 Å². The zero-order valence-corrected chi connectivity index (χ0v) is 10.8. The number of carbonyl (C=O) groups excluding carboxylic acids is 1. The molecule has 0 radical (unpaired) electrons. The molecular formula is C13H17NO5. The summed E-state index contributed by atoms with van der Waals surface area (Å²) in [5.41, 5.74) is -0.157. The second-order valence-corrected chi connectivity index (χ2v) is 4.70. The fraction of sp³-hybridized carbons (Fsp3) is 0.385. The van der Waals surface area contributed by atoms with Crippen molar-refractivity contribution in [1.82, 2.24) is 5.32 Å². The number of amides is 1. The van der Waals surface area contributed by atoms with Crippen LogP contribution in [-0.4, -0.2) is 33.2 Å². The van der Waals surface area contributed by atoms with Crippen LogP contribution in [-0.2, 0) is 4.79 Å². The van der Waals surface area contributed by atoms with E-state index in [1.807, 2.05) is 13.8 Å². The molecule has 1 aromatic carbocycles. The van der Waals surface area contributed by atoms with Crippen LogP contribution in [0.2, 0.25) is 0 Å². The number of carboxylic acids is 1. The molecule has 6 nitrogen and oxygen atoms in total. The van der Waals surface area contributed by atoms with Crippen LogP contribution in [0, 0.1) is 5.92 Å². The van der Waals surface area contributed by atoms with E-state index in [0.29, 0.717) is 0 Å². The normalized spacial score (nSPS) is 12.2. The largest absolute Gasteiger partial charge is 0.508 e. The van der Waals surface area contributed by atoms with E-state index in [4.69, 9.17) is 5.11 Å². The van der Waals surface area contributed by atoms with Gasteiger partial charge in [0.1, 0.15) is 17.5 Å². The van der Waals surface area contributed by atoms with Crippen LogP contribution in [0.5, 0.6) is 11.5 Å². The zero-order chi connectivity index (χ0) is 14.6. The summed E-state index contributed by atoms with van der Waals surface area (Å²) in [6.07, 6.45) is 0.278. The molecule has 0 bridgehead atoms. The number of aliphatic carboxylic acids is 1. The van der Waals surface area contributed by atoms with Crippen LogP contribution < -0.4 is 5.32 Å². The van der Waals surface area contributed by atoms with Gasteiger partial charge >= 0.3 is 5.97 Å². The third-order valence-corrected chi connectivity index (χ3v) is 2.54. The number of nitrogens with one attached hydrogen (secondary N) is 1. The Balaban J connectivity index is 2.87. The van der Waals surface area contributed by atoms with Gasteiger partial charge in [-0.15, -0.1) is 0 Å². The Hall–Kier alpha value is -2.24. The molecule has 4 N–H and O–H groups in total. The first-order valence-corrected chi connectivity index (χ1v) is 5.87. The number of benzene rings is 1. The van der Waals surface area contributed by atoms with Crippen LogP contribution in [0.3, 0.4) is 0 Å². The van der Waals surface area contributed by atoms with E-state index in [2.05, 4.69) is 5.32 Å². The highest BCUT2D eigenvalue weighted by atomic mass is 16.4. The predicted octanol–water partition coefficient (Wildman–Crippen LogP) is 1.33. The maximum absolute atomic E-state index is 11.9. The summed E-state index contributed by atoms with van der Waals surface area (Å²) >= 11 is 0. The second kappa shape index (κ2) is 6.08. The molecule has 0 heterocycles. The third-order valence-electron chi connectivity index (χ3n) is 2.54. The molecule has 0 spiro atoms. The highest BCUT2D eigenvalue weighted by molar-refractivity contribution is 5.99. The molecule has 104 valence electrons. The second-order valence-electron chi connectivity index (χ2n) is 4.70. The van der Waals surface area contributed by atoms with E-state index in [0.717, 1.165) is 6.07 Å². The lowest BCUT2D eigenvalue weighted by molar-refractivity contribution is -0.139. The van der Waals surface area contributed by atoms with Gasteiger partial charge in [0.25, 0.3) is 5.91 Å². The number of carbonyl (C=O) groups is 2. The van der Waals surface area contributed by atoms with Gasteiger partial charge in [0.2, 0.25) is 0 Å². The van der Waals surface area contributed by atoms with Gasteiger partial charge in [-0.05, 0) is 30.5 Å². The van der Waals surface area contributed by atoms with Crippen LogP contribution in [0.1, 0.15) is 30.6 Å². The number of hydrogen-bond acceptors (Lipinski definition) is 4. The van der Waals surface area contributed by atoms with Crippen molar-refractivity contribution in [3.63, 3.8) is 0 Å². The van der Waals surface area contributed by atoms with Crippen molar-refractivity contribution >= 4 is 11.9 Å². The van der Waals surface area contributed by atoms with Crippen molar-refractivity contribution in [1.29, 1.82) is 0 Å². The smallest absolute Gasteiger partial charge is 0.326 e. The van der Waals surface area contributed by atoms with Crippen molar-refractivity contribution in [3.05, 3.63) is 23.8 Å². The van der Waals surface area contributed by atoms with Gasteiger partial charge in [-0.1, -0.05) is 13.8 Å². The molecule has 0 saturated carbocycles. The number of aromatic hydroxyl groups is 2. The van der Waals surface area contributed by atoms with E-state index < -0.39 is 17.9 Å². The molecule has 0 aliphatic rings. The molecule has 0 aliphatic carbocycles. The molecule has 1 aromatic rings. The average molecular weight is 267 g/mol. The van der Waals surface area contributed by atoms with Gasteiger partial charge in [-0.25, -0.2) is 4.79 Å². The quantitative estimate of drug-likeness (QED) is 0.602. The third kappa shape index (κ3) is 4.17. The summed E-state index contributed by atoms with van der Waals surface area (Å²) in [6, 6.07) is 2.45. The van der Waals surface area contributed by atoms with Gasteiger partial charge < -0.3 is 20.6 Å². The molecule has 19 heavy (non-hydrogen) atoms. The zero-order valence-electron chi connectivity index (χ0n) is 10.8. The van der Waals surface area contributed by atoms with E-state index in [9.17, 15) is 19.8 Å². The lowest BCUT2D eigenvalue weighted by atomic mass is 10.0.